The van der Waals surface area contributed by atoms with Gasteiger partial charge in [0.25, 0.3) is 5.56 Å². The lowest BCUT2D eigenvalue weighted by Gasteiger charge is -2.22. The van der Waals surface area contributed by atoms with E-state index >= 15 is 0 Å². The maximum atomic E-state index is 13.3. The van der Waals surface area contributed by atoms with Crippen molar-refractivity contribution in [3.8, 4) is 11.4 Å². The highest BCUT2D eigenvalue weighted by molar-refractivity contribution is 5.78. The Kier molecular flexibility index (Phi) is 6.45. The number of ketones is 1. The number of imidazole rings is 1. The number of pyridine rings is 1. The van der Waals surface area contributed by atoms with E-state index < -0.39 is 23.5 Å². The predicted molar refractivity (Wildman–Crippen MR) is 148 cm³/mol. The average Bonchev–Trinajstić information content (AvgIpc) is 3.35. The molecule has 2 N–H and O–H groups in total. The van der Waals surface area contributed by atoms with Gasteiger partial charge in [-0.25, -0.2) is 24.7 Å². The van der Waals surface area contributed by atoms with Crippen molar-refractivity contribution in [3.63, 3.8) is 0 Å². The molecule has 6 rings (SSSR count). The molecule has 0 bridgehead atoms. The Morgan fingerprint density at radius 3 is 2.60 bits per heavy atom. The first-order valence-electron chi connectivity index (χ1n) is 13.4. The van der Waals surface area contributed by atoms with Gasteiger partial charge in [-0.1, -0.05) is 13.0 Å². The lowest BCUT2D eigenvalue weighted by molar-refractivity contribution is -0.119. The molecule has 40 heavy (non-hydrogen) atoms. The van der Waals surface area contributed by atoms with E-state index in [2.05, 4.69) is 30.2 Å². The molecule has 1 saturated carbocycles. The molecule has 0 amide bonds. The normalized spacial score (nSPS) is 19.4. The summed E-state index contributed by atoms with van der Waals surface area (Å²) in [6, 6.07) is 4.66. The molecule has 0 aromatic carbocycles. The fraction of sp³-hybridized carbons (Fsp3) is 0.444. The number of Topliss-reactive ketones (excluding diaryl/α,β-unsaturated/α-hetero) is 1. The standard InChI is InChI=1S/C27H31N9O4/c1-4-18(37)13-35-26(39)23-24(33(3)27(35)40)30-14-36(23)15(2)25(38)32-21-7-5-6-19(31-21)20-9-29-22(10-28-20)34-11-16-8-17(16)12-34/h5-7,9-10,14-17,25,38H,4,8,11-13H2,1-3H3,(H,31,32)/t15-,16?,17?,25?/m0/s1. The van der Waals surface area contributed by atoms with E-state index in [1.807, 2.05) is 6.07 Å². The zero-order chi connectivity index (χ0) is 28.1. The van der Waals surface area contributed by atoms with Crippen molar-refractivity contribution in [2.75, 3.05) is 23.3 Å². The van der Waals surface area contributed by atoms with Crippen LogP contribution in [0.5, 0.6) is 0 Å². The maximum Gasteiger partial charge on any atom is 0.332 e. The fourth-order valence-electron chi connectivity index (χ4n) is 5.31. The number of anilines is 2. The molecule has 1 aliphatic carbocycles. The highest BCUT2D eigenvalue weighted by atomic mass is 16.3. The Hall–Kier alpha value is -4.39. The maximum absolute atomic E-state index is 13.3. The summed E-state index contributed by atoms with van der Waals surface area (Å²) in [5.41, 5.74) is 0.242. The molecule has 5 heterocycles. The summed E-state index contributed by atoms with van der Waals surface area (Å²) in [5, 5.41) is 14.0. The number of piperidine rings is 1. The van der Waals surface area contributed by atoms with Gasteiger partial charge in [-0.15, -0.1) is 0 Å². The predicted octanol–water partition coefficient (Wildman–Crippen LogP) is 1.18. The Balaban J connectivity index is 1.22. The van der Waals surface area contributed by atoms with E-state index in [1.165, 1.54) is 28.9 Å². The fourth-order valence-corrected chi connectivity index (χ4v) is 5.31. The van der Waals surface area contributed by atoms with Crippen LogP contribution in [0.2, 0.25) is 0 Å². The zero-order valence-electron chi connectivity index (χ0n) is 22.6. The summed E-state index contributed by atoms with van der Waals surface area (Å²) in [6.45, 7) is 5.14. The number of nitrogens with zero attached hydrogens (tertiary/aromatic N) is 8. The highest BCUT2D eigenvalue weighted by Crippen LogP contribution is 2.45. The minimum Gasteiger partial charge on any atom is -0.372 e. The van der Waals surface area contributed by atoms with Crippen LogP contribution < -0.4 is 21.5 Å². The van der Waals surface area contributed by atoms with Crippen LogP contribution in [-0.4, -0.2) is 63.8 Å². The van der Waals surface area contributed by atoms with Crippen molar-refractivity contribution in [1.82, 2.24) is 33.6 Å². The summed E-state index contributed by atoms with van der Waals surface area (Å²) in [5.74, 6) is 2.65. The molecular weight excluding hydrogens is 514 g/mol. The number of aromatic nitrogens is 7. The van der Waals surface area contributed by atoms with Crippen molar-refractivity contribution in [3.05, 3.63) is 57.8 Å². The van der Waals surface area contributed by atoms with Crippen LogP contribution in [0, 0.1) is 11.8 Å². The van der Waals surface area contributed by atoms with Gasteiger partial charge in [0.1, 0.15) is 23.6 Å². The number of fused-ring (bicyclic) bond motifs is 2. The smallest absolute Gasteiger partial charge is 0.332 e. The number of carbonyl (C=O) groups is 1. The van der Waals surface area contributed by atoms with E-state index in [0.29, 0.717) is 17.2 Å². The molecule has 1 aliphatic heterocycles. The molecular formula is C27H31N9O4. The molecule has 4 atom stereocenters. The van der Waals surface area contributed by atoms with Crippen LogP contribution in [0.1, 0.15) is 32.7 Å². The molecule has 4 aromatic rings. The number of hydrogen-bond acceptors (Lipinski definition) is 10. The number of nitrogens with one attached hydrogen (secondary N) is 1. The quantitative estimate of drug-likeness (QED) is 0.293. The van der Waals surface area contributed by atoms with Crippen molar-refractivity contribution in [2.45, 2.75) is 45.5 Å². The second-order valence-electron chi connectivity index (χ2n) is 10.6. The van der Waals surface area contributed by atoms with Crippen molar-refractivity contribution in [2.24, 2.45) is 18.9 Å². The summed E-state index contributed by atoms with van der Waals surface area (Å²) in [4.78, 5) is 58.2. The number of aliphatic hydroxyl groups is 1. The molecule has 13 heteroatoms. The largest absolute Gasteiger partial charge is 0.372 e. The number of carbonyl (C=O) groups excluding carboxylic acids is 1. The third-order valence-corrected chi connectivity index (χ3v) is 7.93. The Morgan fingerprint density at radius 1 is 1.12 bits per heavy atom. The molecule has 3 unspecified atom stereocenters. The molecule has 208 valence electrons. The highest BCUT2D eigenvalue weighted by Gasteiger charge is 2.45. The van der Waals surface area contributed by atoms with Crippen LogP contribution >= 0.6 is 0 Å². The molecule has 0 radical (unpaired) electrons. The zero-order valence-corrected chi connectivity index (χ0v) is 22.6. The van der Waals surface area contributed by atoms with E-state index in [4.69, 9.17) is 0 Å². The van der Waals surface area contributed by atoms with Crippen molar-refractivity contribution < 1.29 is 9.90 Å². The molecule has 4 aromatic heterocycles. The lowest BCUT2D eigenvalue weighted by atomic mass is 10.2. The molecule has 0 spiro atoms. The number of aryl methyl sites for hydroxylation is 1. The third-order valence-electron chi connectivity index (χ3n) is 7.93. The Bertz CT molecular complexity index is 1700. The van der Waals surface area contributed by atoms with E-state index in [-0.39, 0.29) is 29.9 Å². The summed E-state index contributed by atoms with van der Waals surface area (Å²) in [7, 11) is 1.49. The lowest BCUT2D eigenvalue weighted by Crippen LogP contribution is -2.42. The SMILES string of the molecule is CCC(=O)Cn1c(=O)c2c(ncn2[C@@H](C)C(O)Nc2cccc(-c3cnc(N4CC5CC5C4)cn3)n2)n(C)c1=O. The van der Waals surface area contributed by atoms with E-state index in [1.54, 1.807) is 38.4 Å². The van der Waals surface area contributed by atoms with Crippen LogP contribution in [0.4, 0.5) is 11.6 Å². The second kappa shape index (κ2) is 9.97. The first-order chi connectivity index (χ1) is 19.2. The summed E-state index contributed by atoms with van der Waals surface area (Å²) in [6.07, 6.45) is 5.24. The molecule has 1 saturated heterocycles. The summed E-state index contributed by atoms with van der Waals surface area (Å²) < 4.78 is 3.63. The van der Waals surface area contributed by atoms with Gasteiger partial charge in [0.15, 0.2) is 16.9 Å². The minimum atomic E-state index is -1.17. The van der Waals surface area contributed by atoms with Gasteiger partial charge in [0.2, 0.25) is 0 Å². The topological polar surface area (TPSA) is 153 Å². The Morgan fingerprint density at radius 2 is 1.90 bits per heavy atom. The van der Waals surface area contributed by atoms with E-state index in [0.717, 1.165) is 35.3 Å². The van der Waals surface area contributed by atoms with Gasteiger partial charge in [0, 0.05) is 26.6 Å². The van der Waals surface area contributed by atoms with Gasteiger partial charge in [-0.05, 0) is 37.3 Å². The first kappa shape index (κ1) is 25.9. The van der Waals surface area contributed by atoms with Gasteiger partial charge < -0.3 is 19.9 Å². The number of hydrogen-bond donors (Lipinski definition) is 2. The van der Waals surface area contributed by atoms with Gasteiger partial charge in [-0.2, -0.15) is 0 Å². The number of rotatable bonds is 9. The van der Waals surface area contributed by atoms with Crippen LogP contribution in [0.25, 0.3) is 22.6 Å². The van der Waals surface area contributed by atoms with E-state index in [9.17, 15) is 19.5 Å². The Labute approximate surface area is 229 Å². The molecule has 13 nitrogen and oxygen atoms in total. The third kappa shape index (κ3) is 4.55. The van der Waals surface area contributed by atoms with Gasteiger partial charge >= 0.3 is 5.69 Å². The molecule has 2 fully saturated rings. The monoisotopic (exact) mass is 545 g/mol. The van der Waals surface area contributed by atoms with Crippen LogP contribution in [0.3, 0.4) is 0 Å². The summed E-state index contributed by atoms with van der Waals surface area (Å²) >= 11 is 0. The van der Waals surface area contributed by atoms with Crippen molar-refractivity contribution in [1.29, 1.82) is 0 Å². The minimum absolute atomic E-state index is 0.117. The first-order valence-corrected chi connectivity index (χ1v) is 13.4. The van der Waals surface area contributed by atoms with Crippen LogP contribution in [0.15, 0.2) is 46.5 Å². The van der Waals surface area contributed by atoms with Crippen molar-refractivity contribution >= 4 is 28.6 Å². The molecule has 2 aliphatic rings. The van der Waals surface area contributed by atoms with Gasteiger partial charge in [0.05, 0.1) is 37.0 Å². The van der Waals surface area contributed by atoms with Crippen LogP contribution in [-0.2, 0) is 18.4 Å². The second-order valence-corrected chi connectivity index (χ2v) is 10.6. The van der Waals surface area contributed by atoms with Gasteiger partial charge in [-0.3, -0.25) is 18.7 Å². The average molecular weight is 546 g/mol. The number of aliphatic hydroxyl groups excluding tert-OH is 1.